The first-order chi connectivity index (χ1) is 27.2. The molecule has 3 aliphatic heterocycles. The van der Waals surface area contributed by atoms with Gasteiger partial charge in [-0.3, -0.25) is 9.79 Å². The molecule has 4 heterocycles. The topological polar surface area (TPSA) is 254 Å². The zero-order valence-electron chi connectivity index (χ0n) is 30.7. The standard InChI is InChI=1S/C40H39N3O14/c1-19-12-20(2)14-23(13-19)31-29-22(10-11-42-29)16-43(31)57-35-39(55-33(34(47)40(35,52)18-44)38(51)56-37(50)30(41-3)36(48)49)54-25-8-9-26-28(15-25)53-17-27(32(26)46)21-4-6-24(45)7-5-21/h4-17,30-31,33-35,38-39,41,44-45,47,51-52H,18H2,1-3H3,(H,48,49). The Morgan fingerprint density at radius 2 is 1.81 bits per heavy atom. The fourth-order valence-corrected chi connectivity index (χ4v) is 7.23. The van der Waals surface area contributed by atoms with Crippen LogP contribution in [0.1, 0.15) is 22.7 Å². The van der Waals surface area contributed by atoms with Crippen molar-refractivity contribution in [1.82, 2.24) is 5.32 Å². The van der Waals surface area contributed by atoms with Crippen molar-refractivity contribution in [2.45, 2.75) is 62.4 Å². The highest BCUT2D eigenvalue weighted by Gasteiger charge is 2.62. The number of nitrogens with one attached hydrogen (secondary N) is 2. The number of aliphatic carboxylic acids is 1. The summed E-state index contributed by atoms with van der Waals surface area (Å²) in [6, 6.07) is 13.4. The minimum absolute atomic E-state index is 0.0170. The third-order valence-electron chi connectivity index (χ3n) is 10.0. The van der Waals surface area contributed by atoms with Gasteiger partial charge in [-0.2, -0.15) is 9.90 Å². The minimum Gasteiger partial charge on any atom is -0.548 e. The quantitative estimate of drug-likeness (QED) is 0.0515. The largest absolute Gasteiger partial charge is 0.548 e. The van der Waals surface area contributed by atoms with Crippen LogP contribution >= 0.6 is 0 Å². The van der Waals surface area contributed by atoms with Crippen LogP contribution in [0.25, 0.3) is 22.1 Å². The van der Waals surface area contributed by atoms with Crippen LogP contribution in [0.2, 0.25) is 0 Å². The van der Waals surface area contributed by atoms with E-state index in [2.05, 4.69) is 10.3 Å². The highest BCUT2D eigenvalue weighted by Crippen LogP contribution is 2.36. The number of fused-ring (bicyclic) bond motifs is 2. The van der Waals surface area contributed by atoms with E-state index < -0.39 is 72.6 Å². The Balaban J connectivity index is 1.26. The van der Waals surface area contributed by atoms with Gasteiger partial charge in [-0.15, -0.1) is 0 Å². The number of aliphatic imine (C=N–C) groups is 1. The molecule has 3 aliphatic rings. The van der Waals surface area contributed by atoms with Crippen molar-refractivity contribution >= 4 is 28.6 Å². The molecule has 7 rings (SSSR count). The Labute approximate surface area is 323 Å². The van der Waals surface area contributed by atoms with Crippen LogP contribution in [-0.2, 0) is 23.9 Å². The molecule has 9 atom stereocenters. The molecule has 0 radical (unpaired) electrons. The van der Waals surface area contributed by atoms with E-state index in [0.29, 0.717) is 16.8 Å². The summed E-state index contributed by atoms with van der Waals surface area (Å²) in [7, 11) is 1.13. The van der Waals surface area contributed by atoms with E-state index in [9.17, 15) is 45.0 Å². The molecule has 1 saturated heterocycles. The number of aryl methyl sites for hydroxylation is 2. The lowest BCUT2D eigenvalue weighted by Gasteiger charge is -2.48. The van der Waals surface area contributed by atoms with Gasteiger partial charge in [0.1, 0.15) is 47.4 Å². The third kappa shape index (κ3) is 7.45. The van der Waals surface area contributed by atoms with Crippen LogP contribution in [-0.4, -0.2) is 99.4 Å². The number of likely N-dealkylation sites (N-methyl/N-ethyl adjacent to an activating group) is 1. The molecule has 0 bridgehead atoms. The number of phenolic OH excluding ortho intramolecular Hbond substituents is 1. The number of quaternary nitrogens is 1. The number of aliphatic hydroxyl groups excluding tert-OH is 3. The van der Waals surface area contributed by atoms with Crippen molar-refractivity contribution < 1.29 is 68.8 Å². The van der Waals surface area contributed by atoms with Gasteiger partial charge in [-0.05, 0) is 68.9 Å². The lowest BCUT2D eigenvalue weighted by molar-refractivity contribution is -1.07. The molecule has 17 nitrogen and oxygen atoms in total. The van der Waals surface area contributed by atoms with Crippen molar-refractivity contribution in [2.24, 2.45) is 4.99 Å². The summed E-state index contributed by atoms with van der Waals surface area (Å²) in [5, 5.41) is 69.1. The first-order valence-electron chi connectivity index (χ1n) is 17.8. The predicted molar refractivity (Wildman–Crippen MR) is 196 cm³/mol. The Bertz CT molecular complexity index is 2340. The van der Waals surface area contributed by atoms with Crippen LogP contribution in [0.5, 0.6) is 11.5 Å². The van der Waals surface area contributed by atoms with Gasteiger partial charge in [-0.25, -0.2) is 4.79 Å². The Hall–Kier alpha value is -5.76. The van der Waals surface area contributed by atoms with Gasteiger partial charge in [0, 0.05) is 17.8 Å². The number of hydroxylamine groups is 2. The molecular formula is C40H39N3O14. The molecule has 0 saturated carbocycles. The summed E-state index contributed by atoms with van der Waals surface area (Å²) >= 11 is 0. The van der Waals surface area contributed by atoms with Crippen molar-refractivity contribution in [3.8, 4) is 22.6 Å². The van der Waals surface area contributed by atoms with E-state index in [1.54, 1.807) is 30.6 Å². The molecule has 7 N–H and O–H groups in total. The minimum atomic E-state index is -2.71. The van der Waals surface area contributed by atoms with Crippen LogP contribution in [0.15, 0.2) is 105 Å². The molecule has 0 amide bonds. The van der Waals surface area contributed by atoms with Gasteiger partial charge in [0.25, 0.3) is 0 Å². The van der Waals surface area contributed by atoms with Crippen LogP contribution in [0.3, 0.4) is 0 Å². The maximum atomic E-state index is 13.5. The Kier molecular flexibility index (Phi) is 10.8. The highest BCUT2D eigenvalue weighted by molar-refractivity contribution is 6.08. The number of hydrogen-bond donors (Lipinski definition) is 7. The number of aliphatic hydroxyl groups is 4. The van der Waals surface area contributed by atoms with Gasteiger partial charge < -0.3 is 59.4 Å². The summed E-state index contributed by atoms with van der Waals surface area (Å²) in [6.45, 7) is 2.65. The molecule has 9 unspecified atom stereocenters. The molecule has 57 heavy (non-hydrogen) atoms. The predicted octanol–water partition coefficient (Wildman–Crippen LogP) is -1.04. The number of aromatic hydroxyl groups is 1. The molecular weight excluding hydrogens is 746 g/mol. The molecule has 0 aliphatic carbocycles. The number of carbonyl (C=O) groups excluding carboxylic acids is 2. The van der Waals surface area contributed by atoms with E-state index in [1.807, 2.05) is 32.0 Å². The summed E-state index contributed by atoms with van der Waals surface area (Å²) in [5.41, 5.74) is 1.73. The SMILES string of the molecule is CNC(C(=O)[O-])C(=O)OC(O)C1OC(Oc2ccc3c(=O)c(-c4ccc(O)cc4)coc3c2)C(O[NH+]2C=C3C=CN=C3C2c2cc(C)cc(C)c2)C(O)(CO)C1O. The highest BCUT2D eigenvalue weighted by atomic mass is 16.8. The van der Waals surface area contributed by atoms with Crippen molar-refractivity contribution in [3.05, 3.63) is 118 Å². The molecule has 1 aromatic heterocycles. The number of benzene rings is 3. The number of carboxylic acids is 1. The van der Waals surface area contributed by atoms with Crippen molar-refractivity contribution in [2.75, 3.05) is 13.7 Å². The second-order valence-corrected chi connectivity index (χ2v) is 14.0. The van der Waals surface area contributed by atoms with Crippen molar-refractivity contribution in [3.63, 3.8) is 0 Å². The Morgan fingerprint density at radius 1 is 1.09 bits per heavy atom. The summed E-state index contributed by atoms with van der Waals surface area (Å²) in [4.78, 5) is 48.6. The Morgan fingerprint density at radius 3 is 2.47 bits per heavy atom. The lowest BCUT2D eigenvalue weighted by atomic mass is 9.84. The van der Waals surface area contributed by atoms with Gasteiger partial charge in [0.15, 0.2) is 23.2 Å². The average Bonchev–Trinajstić information content (AvgIpc) is 3.76. The number of phenols is 1. The number of ether oxygens (including phenoxy) is 3. The van der Waals surface area contributed by atoms with Gasteiger partial charge >= 0.3 is 5.97 Å². The molecule has 17 heteroatoms. The molecule has 4 aromatic rings. The molecule has 3 aromatic carbocycles. The number of allylic oxidation sites excluding steroid dienone is 1. The maximum Gasteiger partial charge on any atom is 0.331 e. The van der Waals surface area contributed by atoms with Gasteiger partial charge in [0.05, 0.1) is 29.1 Å². The lowest BCUT2D eigenvalue weighted by Crippen LogP contribution is -3.08. The second-order valence-electron chi connectivity index (χ2n) is 14.0. The average molecular weight is 786 g/mol. The van der Waals surface area contributed by atoms with Gasteiger partial charge in [-0.1, -0.05) is 29.3 Å². The van der Waals surface area contributed by atoms with E-state index in [-0.39, 0.29) is 33.1 Å². The van der Waals surface area contributed by atoms with Gasteiger partial charge in [0.2, 0.25) is 18.7 Å². The zero-order chi connectivity index (χ0) is 40.8. The number of nitrogens with zero attached hydrogens (tertiary/aromatic N) is 1. The van der Waals surface area contributed by atoms with Crippen LogP contribution in [0, 0.1) is 13.8 Å². The van der Waals surface area contributed by atoms with E-state index in [4.69, 9.17) is 23.5 Å². The number of carbonyl (C=O) groups is 2. The monoisotopic (exact) mass is 785 g/mol. The summed E-state index contributed by atoms with van der Waals surface area (Å²) < 4.78 is 22.9. The smallest absolute Gasteiger partial charge is 0.331 e. The zero-order valence-corrected chi connectivity index (χ0v) is 30.7. The number of hydrogen-bond acceptors (Lipinski definition) is 16. The number of carboxylic acid groups (broad SMARTS) is 1. The summed E-state index contributed by atoms with van der Waals surface area (Å²) in [6.07, 6.45) is -4.02. The molecule has 0 spiro atoms. The van der Waals surface area contributed by atoms with Crippen LogP contribution < -0.4 is 25.7 Å². The third-order valence-corrected chi connectivity index (χ3v) is 10.0. The van der Waals surface area contributed by atoms with E-state index in [1.165, 1.54) is 36.6 Å². The number of rotatable bonds is 12. The first kappa shape index (κ1) is 39.5. The first-order valence-corrected chi connectivity index (χ1v) is 17.8. The second kappa shape index (κ2) is 15.6. The molecule has 298 valence electrons. The molecule has 1 fully saturated rings. The summed E-state index contributed by atoms with van der Waals surface area (Å²) in [5.74, 6) is -3.39. The number of esters is 1. The maximum absolute atomic E-state index is 13.5. The van der Waals surface area contributed by atoms with Crippen LogP contribution in [0.4, 0.5) is 0 Å². The fraction of sp³-hybridized carbons (Fsp3) is 0.300. The van der Waals surface area contributed by atoms with Crippen molar-refractivity contribution in [1.29, 1.82) is 0 Å². The van der Waals surface area contributed by atoms with E-state index in [0.717, 1.165) is 23.7 Å². The normalized spacial score (nSPS) is 26.4. The fourth-order valence-electron chi connectivity index (χ4n) is 7.23. The van der Waals surface area contributed by atoms with E-state index >= 15 is 0 Å².